The first-order valence-corrected chi connectivity index (χ1v) is 26.7. The van der Waals surface area contributed by atoms with Crippen LogP contribution in [0.25, 0.3) is 0 Å². The molecule has 4 aliphatic rings. The van der Waals surface area contributed by atoms with Gasteiger partial charge in [0.25, 0.3) is 13.4 Å². The first-order valence-electron chi connectivity index (χ1n) is 25.1. The van der Waals surface area contributed by atoms with Crippen LogP contribution in [0, 0.1) is 0 Å². The maximum absolute atomic E-state index is 6.04. The van der Waals surface area contributed by atoms with Gasteiger partial charge in [0.2, 0.25) is 0 Å². The molecule has 11 aromatic rings. The minimum Gasteiger partial charge on any atom is -0.311 e. The molecule has 0 atom stereocenters. The highest BCUT2D eigenvalue weighted by atomic mass is 32.2. The Hall–Kier alpha value is -8.69. The lowest BCUT2D eigenvalue weighted by Gasteiger charge is -2.42. The Labute approximate surface area is 439 Å². The minimum atomic E-state index is -0.167. The molecule has 74 heavy (non-hydrogen) atoms. The maximum atomic E-state index is 6.04. The summed E-state index contributed by atoms with van der Waals surface area (Å²) in [4.78, 5) is 23.9. The van der Waals surface area contributed by atoms with Crippen molar-refractivity contribution in [2.45, 2.75) is 19.8 Å². The molecule has 5 heterocycles. The van der Waals surface area contributed by atoms with Gasteiger partial charge < -0.3 is 19.6 Å². The van der Waals surface area contributed by atoms with Gasteiger partial charge in [-0.15, -0.1) is 0 Å². The number of fused-ring (bicyclic) bond motifs is 8. The third-order valence-corrected chi connectivity index (χ3v) is 16.8. The molecule has 0 spiro atoms. The van der Waals surface area contributed by atoms with E-state index in [2.05, 4.69) is 274 Å². The largest absolute Gasteiger partial charge is 0.311 e. The van der Waals surface area contributed by atoms with Crippen LogP contribution < -0.4 is 52.6 Å². The topological polar surface area (TPSA) is 38.7 Å². The Bertz CT molecular complexity index is 3620. The van der Waals surface area contributed by atoms with Gasteiger partial charge in [0.05, 0.1) is 0 Å². The Morgan fingerprint density at radius 3 is 1.00 bits per heavy atom. The molecule has 4 aliphatic heterocycles. The van der Waals surface area contributed by atoms with Crippen molar-refractivity contribution in [2.75, 3.05) is 19.6 Å². The maximum Gasteiger partial charge on any atom is 0.274 e. The second-order valence-corrected chi connectivity index (χ2v) is 21.0. The molecule has 346 valence electrons. The van der Waals surface area contributed by atoms with Crippen LogP contribution in [0.4, 0.5) is 68.2 Å². The predicted molar refractivity (Wildman–Crippen MR) is 311 cm³/mol. The summed E-state index contributed by atoms with van der Waals surface area (Å²) in [5, 5.41) is 1.88. The van der Waals surface area contributed by atoms with Crippen molar-refractivity contribution < 1.29 is 0 Å². The molecule has 0 radical (unpaired) electrons. The fourth-order valence-electron chi connectivity index (χ4n) is 11.7. The van der Waals surface area contributed by atoms with Crippen molar-refractivity contribution in [1.29, 1.82) is 0 Å². The van der Waals surface area contributed by atoms with E-state index in [4.69, 9.17) is 9.97 Å². The highest BCUT2D eigenvalue weighted by Gasteiger charge is 2.48. The van der Waals surface area contributed by atoms with Crippen molar-refractivity contribution in [2.24, 2.45) is 0 Å². The number of hydrogen-bond donors (Lipinski definition) is 0. The van der Waals surface area contributed by atoms with Gasteiger partial charge in [-0.2, -0.15) is 0 Å². The van der Waals surface area contributed by atoms with Gasteiger partial charge in [0.1, 0.15) is 10.1 Å². The molecular weight excluding hydrogens is 939 g/mol. The molecule has 1 aromatic heterocycles. The van der Waals surface area contributed by atoms with Crippen LogP contribution in [0.15, 0.2) is 275 Å². The minimum absolute atomic E-state index is 0.167. The normalized spacial score (nSPS) is 13.2. The summed E-state index contributed by atoms with van der Waals surface area (Å²) in [7, 11) is 0. The number of para-hydroxylation sites is 8. The second kappa shape index (κ2) is 17.5. The molecule has 6 nitrogen and oxygen atoms in total. The number of anilines is 12. The summed E-state index contributed by atoms with van der Waals surface area (Å²) in [6.07, 6.45) is 0. The van der Waals surface area contributed by atoms with E-state index in [1.807, 2.05) is 0 Å². The lowest BCUT2D eigenvalue weighted by Crippen LogP contribution is -2.66. The van der Waals surface area contributed by atoms with Crippen molar-refractivity contribution in [1.82, 2.24) is 9.97 Å². The summed E-state index contributed by atoms with van der Waals surface area (Å²) >= 11 is 3.51. The molecule has 0 aliphatic carbocycles. The van der Waals surface area contributed by atoms with E-state index in [-0.39, 0.29) is 13.4 Å². The van der Waals surface area contributed by atoms with Gasteiger partial charge in [-0.3, -0.25) is 4.98 Å². The van der Waals surface area contributed by atoms with Gasteiger partial charge in [-0.05, 0) is 131 Å². The van der Waals surface area contributed by atoms with E-state index in [0.29, 0.717) is 0 Å². The average Bonchev–Trinajstić information content (AvgIpc) is 3.46. The highest BCUT2D eigenvalue weighted by molar-refractivity contribution is 8.00. The zero-order valence-corrected chi connectivity index (χ0v) is 41.5. The lowest BCUT2D eigenvalue weighted by molar-refractivity contribution is 0.990. The Kier molecular flexibility index (Phi) is 10.2. The monoisotopic (exact) mass is 980 g/mol. The summed E-state index contributed by atoms with van der Waals surface area (Å²) in [6, 6.07) is 91.8. The van der Waals surface area contributed by atoms with Crippen LogP contribution in [0.3, 0.4) is 0 Å². The summed E-state index contributed by atoms with van der Waals surface area (Å²) in [6.45, 7) is -0.335. The van der Waals surface area contributed by atoms with Crippen molar-refractivity contribution in [3.8, 4) is 0 Å². The standard InChI is InChI=1S/C64H42B2N6S2/c1-7-23-43(24-8-1)69(44-25-9-2-10-26-44)49-39-55-59-57(41-49)73-63-61(65(59)51-35-19-21-37-53(51)71(55)47-31-15-5-16-32-47)67-62-64(68-63)74-58-42-50(70(45-27-11-3-12-28-45)46-29-13-4-14-30-46)40-56-60(58)66(62)52-36-20-22-38-54(52)72(56)48-33-17-6-18-34-48/h1-42H. The Morgan fingerprint density at radius 1 is 0.311 bits per heavy atom. The first-order chi connectivity index (χ1) is 36.7. The van der Waals surface area contributed by atoms with Gasteiger partial charge in [-0.1, -0.05) is 169 Å². The van der Waals surface area contributed by atoms with Crippen LogP contribution in [0.5, 0.6) is 0 Å². The summed E-state index contributed by atoms with van der Waals surface area (Å²) < 4.78 is 0. The molecule has 0 saturated carbocycles. The molecule has 0 N–H and O–H groups in total. The van der Waals surface area contributed by atoms with Crippen LogP contribution in [0.1, 0.15) is 0 Å². The van der Waals surface area contributed by atoms with Crippen molar-refractivity contribution in [3.05, 3.63) is 255 Å². The smallest absolute Gasteiger partial charge is 0.274 e. The number of benzene rings is 10. The van der Waals surface area contributed by atoms with E-state index in [0.717, 1.165) is 89.5 Å². The zero-order chi connectivity index (χ0) is 48.7. The summed E-state index contributed by atoms with van der Waals surface area (Å²) in [5.41, 5.74) is 20.2. The van der Waals surface area contributed by atoms with E-state index < -0.39 is 0 Å². The average molecular weight is 981 g/mol. The van der Waals surface area contributed by atoms with Crippen molar-refractivity contribution in [3.63, 3.8) is 0 Å². The van der Waals surface area contributed by atoms with Crippen molar-refractivity contribution >= 4 is 138 Å². The molecule has 10 aromatic carbocycles. The van der Waals surface area contributed by atoms with Gasteiger partial charge in [-0.25, -0.2) is 4.98 Å². The molecular formula is C64H42B2N6S2. The molecule has 0 unspecified atom stereocenters. The molecule has 0 saturated heterocycles. The van der Waals surface area contributed by atoms with Gasteiger partial charge in [0.15, 0.2) is 0 Å². The third kappa shape index (κ3) is 6.86. The third-order valence-electron chi connectivity index (χ3n) is 14.7. The van der Waals surface area contributed by atoms with Gasteiger partial charge >= 0.3 is 0 Å². The SMILES string of the molecule is c1ccc(N(c2ccccc2)c2cc3c4c(c2)N(c2ccccc2)c2ccccc2B4c2nc4c(nc2S3)Sc2cc(N(c3ccccc3)c3ccccc3)cc3c2B4c2ccccc2N3c2ccccc2)cc1. The van der Waals surface area contributed by atoms with Gasteiger partial charge in [0, 0.05) is 89.2 Å². The second-order valence-electron chi connectivity index (χ2n) is 18.9. The van der Waals surface area contributed by atoms with E-state index in [9.17, 15) is 0 Å². The van der Waals surface area contributed by atoms with E-state index >= 15 is 0 Å². The highest BCUT2D eigenvalue weighted by Crippen LogP contribution is 2.49. The van der Waals surface area contributed by atoms with Crippen LogP contribution >= 0.6 is 23.5 Å². The van der Waals surface area contributed by atoms with Crippen LogP contribution in [-0.4, -0.2) is 23.4 Å². The quantitative estimate of drug-likeness (QED) is 0.140. The van der Waals surface area contributed by atoms with Crippen LogP contribution in [-0.2, 0) is 0 Å². The summed E-state index contributed by atoms with van der Waals surface area (Å²) in [5.74, 6) is 0. The molecule has 0 bridgehead atoms. The molecule has 15 rings (SSSR count). The number of hydrogen-bond acceptors (Lipinski definition) is 8. The number of nitrogens with zero attached hydrogens (tertiary/aromatic N) is 6. The fourth-order valence-corrected chi connectivity index (χ4v) is 14.0. The first kappa shape index (κ1) is 42.9. The Balaban J connectivity index is 0.968. The molecule has 10 heteroatoms. The lowest BCUT2D eigenvalue weighted by atomic mass is 9.35. The zero-order valence-electron chi connectivity index (χ0n) is 39.9. The predicted octanol–water partition coefficient (Wildman–Crippen LogP) is 12.9. The van der Waals surface area contributed by atoms with E-state index in [1.165, 1.54) is 31.6 Å². The van der Waals surface area contributed by atoms with E-state index in [1.54, 1.807) is 23.5 Å². The number of rotatable bonds is 8. The fraction of sp³-hybridized carbons (Fsp3) is 0. The number of aromatic nitrogens is 2. The molecule has 0 amide bonds. The van der Waals surface area contributed by atoms with Crippen LogP contribution in [0.2, 0.25) is 0 Å². The molecule has 0 fully saturated rings. The Morgan fingerprint density at radius 2 is 0.635 bits per heavy atom.